The van der Waals surface area contributed by atoms with Gasteiger partial charge in [0.15, 0.2) is 0 Å². The highest BCUT2D eigenvalue weighted by molar-refractivity contribution is 7.92. The van der Waals surface area contributed by atoms with Crippen LogP contribution in [-0.2, 0) is 19.6 Å². The lowest BCUT2D eigenvalue weighted by Crippen LogP contribution is -2.33. The summed E-state index contributed by atoms with van der Waals surface area (Å²) in [7, 11) is -3.43. The number of benzene rings is 1. The molecule has 2 rings (SSSR count). The Morgan fingerprint density at radius 2 is 1.81 bits per heavy atom. The van der Waals surface area contributed by atoms with Crippen LogP contribution >= 0.6 is 11.3 Å². The molecular formula is C18H23N3O4S2. The maximum atomic E-state index is 12.5. The van der Waals surface area contributed by atoms with Crippen LogP contribution in [0.5, 0.6) is 0 Å². The molecule has 0 bridgehead atoms. The zero-order chi connectivity index (χ0) is 20.0. The minimum absolute atomic E-state index is 0.0894. The molecule has 1 aromatic heterocycles. The molecule has 0 fully saturated rings. The Morgan fingerprint density at radius 3 is 2.41 bits per heavy atom. The number of anilines is 1. The minimum atomic E-state index is -3.43. The maximum Gasteiger partial charge on any atom is 0.229 e. The minimum Gasteiger partial charge on any atom is -0.349 e. The third-order valence-electron chi connectivity index (χ3n) is 3.75. The number of rotatable bonds is 8. The predicted octanol–water partition coefficient (Wildman–Crippen LogP) is 2.56. The summed E-state index contributed by atoms with van der Waals surface area (Å²) in [5, 5.41) is 7.54. The molecule has 0 saturated carbocycles. The molecule has 2 amide bonds. The number of amides is 2. The molecule has 2 unspecified atom stereocenters. The summed E-state index contributed by atoms with van der Waals surface area (Å²) in [5.74, 6) is -0.458. The van der Waals surface area contributed by atoms with Crippen molar-refractivity contribution in [3.05, 3.63) is 52.2 Å². The molecule has 0 radical (unpaired) electrons. The molecule has 9 heteroatoms. The molecule has 1 heterocycles. The van der Waals surface area contributed by atoms with Crippen molar-refractivity contribution in [3.8, 4) is 0 Å². The molecule has 7 nitrogen and oxygen atoms in total. The second-order valence-corrected chi connectivity index (χ2v) is 8.95. The van der Waals surface area contributed by atoms with Crippen LogP contribution in [-0.4, -0.2) is 26.5 Å². The van der Waals surface area contributed by atoms with Crippen LogP contribution in [0.2, 0.25) is 0 Å². The Bertz CT molecular complexity index is 895. The molecule has 0 aliphatic carbocycles. The van der Waals surface area contributed by atoms with E-state index in [-0.39, 0.29) is 18.2 Å². The summed E-state index contributed by atoms with van der Waals surface area (Å²) >= 11 is 1.47. The molecule has 0 aliphatic rings. The second-order valence-electron chi connectivity index (χ2n) is 6.22. The Morgan fingerprint density at radius 1 is 1.11 bits per heavy atom. The Kier molecular flexibility index (Phi) is 6.98. The van der Waals surface area contributed by atoms with Crippen LogP contribution in [0.25, 0.3) is 0 Å². The van der Waals surface area contributed by atoms with E-state index in [9.17, 15) is 18.0 Å². The Labute approximate surface area is 163 Å². The first-order valence-corrected chi connectivity index (χ1v) is 11.1. The first-order valence-electron chi connectivity index (χ1n) is 8.32. The molecule has 0 spiro atoms. The molecule has 0 saturated heterocycles. The number of hydrogen-bond donors (Lipinski definition) is 3. The lowest BCUT2D eigenvalue weighted by atomic mass is 10.1. The summed E-state index contributed by atoms with van der Waals surface area (Å²) in [6.07, 6.45) is 1.16. The van der Waals surface area contributed by atoms with Crippen molar-refractivity contribution in [2.24, 2.45) is 0 Å². The van der Waals surface area contributed by atoms with E-state index in [4.69, 9.17) is 0 Å². The van der Waals surface area contributed by atoms with Crippen molar-refractivity contribution < 1.29 is 18.0 Å². The number of carbonyl (C=O) groups is 2. The first kappa shape index (κ1) is 20.9. The fourth-order valence-electron chi connectivity index (χ4n) is 2.69. The highest BCUT2D eigenvalue weighted by Gasteiger charge is 2.20. The van der Waals surface area contributed by atoms with E-state index in [1.165, 1.54) is 18.3 Å². The fourth-order valence-corrected chi connectivity index (χ4v) is 4.05. The van der Waals surface area contributed by atoms with E-state index in [1.807, 2.05) is 17.5 Å². The number of hydrogen-bond acceptors (Lipinski definition) is 5. The number of thiophene rings is 1. The number of carbonyl (C=O) groups excluding carboxylic acids is 2. The highest BCUT2D eigenvalue weighted by atomic mass is 32.2. The van der Waals surface area contributed by atoms with Crippen LogP contribution < -0.4 is 15.4 Å². The SMILES string of the molecule is CC(=O)NC(CC(=O)NC(C)c1ccccc1NS(C)(=O)=O)c1cccs1. The van der Waals surface area contributed by atoms with Crippen LogP contribution in [0, 0.1) is 0 Å². The average Bonchev–Trinajstić information content (AvgIpc) is 3.07. The largest absolute Gasteiger partial charge is 0.349 e. The molecule has 2 aromatic rings. The van der Waals surface area contributed by atoms with Crippen molar-refractivity contribution in [3.63, 3.8) is 0 Å². The molecule has 27 heavy (non-hydrogen) atoms. The number of nitrogens with one attached hydrogen (secondary N) is 3. The summed E-state index contributed by atoms with van der Waals surface area (Å²) in [4.78, 5) is 24.9. The van der Waals surface area contributed by atoms with Crippen molar-refractivity contribution >= 4 is 38.9 Å². The molecule has 0 aliphatic heterocycles. The topological polar surface area (TPSA) is 104 Å². The average molecular weight is 410 g/mol. The zero-order valence-corrected chi connectivity index (χ0v) is 17.0. The fraction of sp³-hybridized carbons (Fsp3) is 0.333. The number of para-hydroxylation sites is 1. The lowest BCUT2D eigenvalue weighted by Gasteiger charge is -2.21. The van der Waals surface area contributed by atoms with E-state index in [1.54, 1.807) is 31.2 Å². The van der Waals surface area contributed by atoms with Gasteiger partial charge in [0.2, 0.25) is 21.8 Å². The van der Waals surface area contributed by atoms with Crippen LogP contribution in [0.3, 0.4) is 0 Å². The summed E-state index contributed by atoms with van der Waals surface area (Å²) in [6, 6.07) is 9.80. The van der Waals surface area contributed by atoms with Gasteiger partial charge in [0, 0.05) is 11.8 Å². The third-order valence-corrected chi connectivity index (χ3v) is 5.33. The van der Waals surface area contributed by atoms with Crippen LogP contribution in [0.1, 0.15) is 42.8 Å². The van der Waals surface area contributed by atoms with E-state index in [2.05, 4.69) is 15.4 Å². The van der Waals surface area contributed by atoms with Gasteiger partial charge in [-0.2, -0.15) is 0 Å². The van der Waals surface area contributed by atoms with Gasteiger partial charge in [-0.05, 0) is 30.0 Å². The van der Waals surface area contributed by atoms with Gasteiger partial charge < -0.3 is 10.6 Å². The van der Waals surface area contributed by atoms with Gasteiger partial charge in [0.25, 0.3) is 0 Å². The Balaban J connectivity index is 2.10. The van der Waals surface area contributed by atoms with Crippen LogP contribution in [0.15, 0.2) is 41.8 Å². The van der Waals surface area contributed by atoms with Gasteiger partial charge >= 0.3 is 0 Å². The van der Waals surface area contributed by atoms with Gasteiger partial charge in [0.05, 0.1) is 30.4 Å². The van der Waals surface area contributed by atoms with E-state index >= 15 is 0 Å². The molecule has 146 valence electrons. The zero-order valence-electron chi connectivity index (χ0n) is 15.4. The van der Waals surface area contributed by atoms with Gasteiger partial charge in [-0.1, -0.05) is 24.3 Å². The van der Waals surface area contributed by atoms with Gasteiger partial charge in [-0.15, -0.1) is 11.3 Å². The monoisotopic (exact) mass is 409 g/mol. The van der Waals surface area contributed by atoms with E-state index < -0.39 is 22.1 Å². The molecular weight excluding hydrogens is 386 g/mol. The summed E-state index contributed by atoms with van der Waals surface area (Å²) < 4.78 is 25.5. The Hall–Kier alpha value is -2.39. The van der Waals surface area contributed by atoms with Gasteiger partial charge in [0.1, 0.15) is 0 Å². The quantitative estimate of drug-likeness (QED) is 0.623. The van der Waals surface area contributed by atoms with Crippen LogP contribution in [0.4, 0.5) is 5.69 Å². The third kappa shape index (κ3) is 6.69. The standard InChI is InChI=1S/C18H23N3O4S2/c1-12(14-7-4-5-8-15(14)21-27(3,24)25)19-18(23)11-16(20-13(2)22)17-9-6-10-26-17/h4-10,12,16,21H,11H2,1-3H3,(H,19,23)(H,20,22). The van der Waals surface area contributed by atoms with Crippen molar-refractivity contribution in [2.75, 3.05) is 11.0 Å². The van der Waals surface area contributed by atoms with E-state index in [0.29, 0.717) is 11.3 Å². The van der Waals surface area contributed by atoms with Crippen molar-refractivity contribution in [1.29, 1.82) is 0 Å². The van der Waals surface area contributed by atoms with Gasteiger partial charge in [-0.3, -0.25) is 14.3 Å². The highest BCUT2D eigenvalue weighted by Crippen LogP contribution is 2.25. The first-order chi connectivity index (χ1) is 12.7. The molecule has 2 atom stereocenters. The predicted molar refractivity (Wildman–Crippen MR) is 107 cm³/mol. The van der Waals surface area contributed by atoms with Gasteiger partial charge in [-0.25, -0.2) is 8.42 Å². The number of sulfonamides is 1. The normalized spacial score (nSPS) is 13.4. The smallest absolute Gasteiger partial charge is 0.229 e. The second kappa shape index (κ2) is 9.01. The lowest BCUT2D eigenvalue weighted by molar-refractivity contribution is -0.123. The summed E-state index contributed by atoms with van der Waals surface area (Å²) in [6.45, 7) is 3.19. The molecule has 3 N–H and O–H groups in total. The van der Waals surface area contributed by atoms with Crippen molar-refractivity contribution in [1.82, 2.24) is 10.6 Å². The van der Waals surface area contributed by atoms with Crippen molar-refractivity contribution in [2.45, 2.75) is 32.4 Å². The summed E-state index contributed by atoms with van der Waals surface area (Å²) in [5.41, 5.74) is 1.08. The maximum absolute atomic E-state index is 12.5. The molecule has 1 aromatic carbocycles. The van der Waals surface area contributed by atoms with E-state index in [0.717, 1.165) is 11.1 Å².